The number of amides is 2. The van der Waals surface area contributed by atoms with E-state index >= 15 is 0 Å². The van der Waals surface area contributed by atoms with Crippen molar-refractivity contribution in [2.45, 2.75) is 26.4 Å². The van der Waals surface area contributed by atoms with E-state index < -0.39 is 0 Å². The summed E-state index contributed by atoms with van der Waals surface area (Å²) < 4.78 is 0. The minimum Gasteiger partial charge on any atom is -0.337 e. The van der Waals surface area contributed by atoms with Gasteiger partial charge in [-0.25, -0.2) is 4.79 Å². The Labute approximate surface area is 140 Å². The molecule has 0 unspecified atom stereocenters. The maximum Gasteiger partial charge on any atom is 0.315 e. The third-order valence-corrected chi connectivity index (χ3v) is 5.00. The predicted molar refractivity (Wildman–Crippen MR) is 92.5 cm³/mol. The van der Waals surface area contributed by atoms with Crippen LogP contribution in [0.1, 0.15) is 21.8 Å². The van der Waals surface area contributed by atoms with Gasteiger partial charge >= 0.3 is 6.03 Å². The molecule has 2 amide bonds. The van der Waals surface area contributed by atoms with Crippen molar-refractivity contribution in [2.24, 2.45) is 0 Å². The van der Waals surface area contributed by atoms with Crippen LogP contribution in [0.5, 0.6) is 0 Å². The fourth-order valence-electron chi connectivity index (χ4n) is 2.76. The number of aromatic nitrogens is 1. The van der Waals surface area contributed by atoms with Crippen LogP contribution in [0.15, 0.2) is 29.6 Å². The summed E-state index contributed by atoms with van der Waals surface area (Å²) in [4.78, 5) is 20.1. The summed E-state index contributed by atoms with van der Waals surface area (Å²) in [5.41, 5.74) is 3.28. The topological polar surface area (TPSA) is 57.3 Å². The third-order valence-electron chi connectivity index (χ3n) is 3.98. The standard InChI is InChI=1S/C17H22N4OS/c1-13-3-2-4-15(20-13)11-19-17(22)18-7-9-21-8-5-16-14(12-21)6-10-23-16/h2-4,6,10H,5,7-9,11-12H2,1H3,(H2,18,19,22). The number of thiophene rings is 1. The molecule has 23 heavy (non-hydrogen) atoms. The summed E-state index contributed by atoms with van der Waals surface area (Å²) in [5, 5.41) is 7.93. The number of carbonyl (C=O) groups excluding carboxylic acids is 1. The molecule has 5 nitrogen and oxygen atoms in total. The summed E-state index contributed by atoms with van der Waals surface area (Å²) in [6, 6.07) is 7.88. The van der Waals surface area contributed by atoms with Gasteiger partial charge in [-0.05, 0) is 42.5 Å². The van der Waals surface area contributed by atoms with Gasteiger partial charge in [-0.3, -0.25) is 9.88 Å². The molecule has 0 saturated heterocycles. The van der Waals surface area contributed by atoms with E-state index in [1.54, 1.807) is 0 Å². The number of urea groups is 1. The molecule has 0 saturated carbocycles. The Kier molecular flexibility index (Phi) is 5.25. The molecule has 2 aromatic heterocycles. The Hall–Kier alpha value is -1.92. The van der Waals surface area contributed by atoms with E-state index in [1.165, 1.54) is 10.4 Å². The number of pyridine rings is 1. The van der Waals surface area contributed by atoms with Gasteiger partial charge < -0.3 is 10.6 Å². The molecule has 1 aliphatic rings. The minimum atomic E-state index is -0.137. The Bertz CT molecular complexity index is 670. The number of nitrogens with zero attached hydrogens (tertiary/aromatic N) is 2. The van der Waals surface area contributed by atoms with Gasteiger partial charge in [0.15, 0.2) is 0 Å². The molecule has 0 atom stereocenters. The van der Waals surface area contributed by atoms with Crippen molar-refractivity contribution in [1.29, 1.82) is 0 Å². The largest absolute Gasteiger partial charge is 0.337 e. The maximum atomic E-state index is 11.8. The average Bonchev–Trinajstić information content (AvgIpc) is 3.01. The Morgan fingerprint density at radius 3 is 3.13 bits per heavy atom. The van der Waals surface area contributed by atoms with Crippen LogP contribution in [-0.4, -0.2) is 35.5 Å². The lowest BCUT2D eigenvalue weighted by atomic mass is 10.1. The number of nitrogens with one attached hydrogen (secondary N) is 2. The lowest BCUT2D eigenvalue weighted by Gasteiger charge is -2.26. The highest BCUT2D eigenvalue weighted by Gasteiger charge is 2.16. The maximum absolute atomic E-state index is 11.8. The molecule has 0 fully saturated rings. The Morgan fingerprint density at radius 2 is 2.26 bits per heavy atom. The van der Waals surface area contributed by atoms with Crippen LogP contribution in [0.2, 0.25) is 0 Å². The molecule has 3 rings (SSSR count). The third kappa shape index (κ3) is 4.53. The second-order valence-electron chi connectivity index (χ2n) is 5.77. The normalized spacial score (nSPS) is 14.3. The lowest BCUT2D eigenvalue weighted by Crippen LogP contribution is -2.41. The molecular formula is C17H22N4OS. The Balaban J connectivity index is 1.35. The zero-order valence-corrected chi connectivity index (χ0v) is 14.2. The molecule has 122 valence electrons. The van der Waals surface area contributed by atoms with Crippen molar-refractivity contribution in [2.75, 3.05) is 19.6 Å². The van der Waals surface area contributed by atoms with Gasteiger partial charge in [0.2, 0.25) is 0 Å². The molecule has 0 aliphatic carbocycles. The van der Waals surface area contributed by atoms with Crippen molar-refractivity contribution in [1.82, 2.24) is 20.5 Å². The summed E-state index contributed by atoms with van der Waals surface area (Å²) in [6.45, 7) is 6.01. The van der Waals surface area contributed by atoms with Gasteiger partial charge in [-0.15, -0.1) is 11.3 Å². The highest BCUT2D eigenvalue weighted by molar-refractivity contribution is 7.10. The number of carbonyl (C=O) groups is 1. The summed E-state index contributed by atoms with van der Waals surface area (Å²) in [7, 11) is 0. The molecule has 0 radical (unpaired) electrons. The number of aryl methyl sites for hydroxylation is 1. The molecule has 3 heterocycles. The minimum absolute atomic E-state index is 0.137. The van der Waals surface area contributed by atoms with E-state index in [2.05, 4.69) is 32.0 Å². The average molecular weight is 330 g/mol. The first-order valence-electron chi connectivity index (χ1n) is 7.92. The second kappa shape index (κ2) is 7.57. The van der Waals surface area contributed by atoms with Gasteiger partial charge in [0.25, 0.3) is 0 Å². The van der Waals surface area contributed by atoms with Gasteiger partial charge in [-0.2, -0.15) is 0 Å². The molecule has 1 aliphatic heterocycles. The smallest absolute Gasteiger partial charge is 0.315 e. The van der Waals surface area contributed by atoms with Crippen molar-refractivity contribution in [3.8, 4) is 0 Å². The number of hydrogen-bond acceptors (Lipinski definition) is 4. The fourth-order valence-corrected chi connectivity index (χ4v) is 3.65. The summed E-state index contributed by atoms with van der Waals surface area (Å²) in [6.07, 6.45) is 1.12. The van der Waals surface area contributed by atoms with Crippen molar-refractivity contribution < 1.29 is 4.79 Å². The summed E-state index contributed by atoms with van der Waals surface area (Å²) in [5.74, 6) is 0. The number of hydrogen-bond donors (Lipinski definition) is 2. The highest BCUT2D eigenvalue weighted by Crippen LogP contribution is 2.23. The Morgan fingerprint density at radius 1 is 1.35 bits per heavy atom. The zero-order chi connectivity index (χ0) is 16.1. The van der Waals surface area contributed by atoms with Crippen LogP contribution < -0.4 is 10.6 Å². The molecule has 0 spiro atoms. The van der Waals surface area contributed by atoms with E-state index in [0.29, 0.717) is 13.1 Å². The predicted octanol–water partition coefficient (Wildman–Crippen LogP) is 2.31. The van der Waals surface area contributed by atoms with Crippen LogP contribution in [0.3, 0.4) is 0 Å². The molecular weight excluding hydrogens is 308 g/mol. The van der Waals surface area contributed by atoms with E-state index in [4.69, 9.17) is 0 Å². The van der Waals surface area contributed by atoms with E-state index in [-0.39, 0.29) is 6.03 Å². The van der Waals surface area contributed by atoms with Gasteiger partial charge in [0.1, 0.15) is 0 Å². The molecule has 2 aromatic rings. The molecule has 0 aromatic carbocycles. The van der Waals surface area contributed by atoms with Crippen LogP contribution in [0.25, 0.3) is 0 Å². The van der Waals surface area contributed by atoms with Crippen molar-refractivity contribution in [3.05, 3.63) is 51.5 Å². The molecule has 6 heteroatoms. The van der Waals surface area contributed by atoms with Crippen molar-refractivity contribution >= 4 is 17.4 Å². The number of rotatable bonds is 5. The molecule has 2 N–H and O–H groups in total. The summed E-state index contributed by atoms with van der Waals surface area (Å²) >= 11 is 1.85. The first-order chi connectivity index (χ1) is 11.2. The fraction of sp³-hybridized carbons (Fsp3) is 0.412. The van der Waals surface area contributed by atoms with Gasteiger partial charge in [0, 0.05) is 36.8 Å². The highest BCUT2D eigenvalue weighted by atomic mass is 32.1. The van der Waals surface area contributed by atoms with Crippen LogP contribution in [-0.2, 0) is 19.5 Å². The van der Waals surface area contributed by atoms with Gasteiger partial charge in [-0.1, -0.05) is 6.07 Å². The van der Waals surface area contributed by atoms with Gasteiger partial charge in [0.05, 0.1) is 12.2 Å². The zero-order valence-electron chi connectivity index (χ0n) is 13.3. The van der Waals surface area contributed by atoms with Crippen LogP contribution >= 0.6 is 11.3 Å². The first kappa shape index (κ1) is 16.0. The lowest BCUT2D eigenvalue weighted by molar-refractivity contribution is 0.231. The molecule has 0 bridgehead atoms. The SMILES string of the molecule is Cc1cccc(CNC(=O)NCCN2CCc3sccc3C2)n1. The quantitative estimate of drug-likeness (QED) is 0.884. The second-order valence-corrected chi connectivity index (χ2v) is 6.78. The van der Waals surface area contributed by atoms with E-state index in [9.17, 15) is 4.79 Å². The van der Waals surface area contributed by atoms with E-state index in [0.717, 1.165) is 37.4 Å². The van der Waals surface area contributed by atoms with Crippen molar-refractivity contribution in [3.63, 3.8) is 0 Å². The monoisotopic (exact) mass is 330 g/mol. The first-order valence-corrected chi connectivity index (χ1v) is 8.80. The van der Waals surface area contributed by atoms with Crippen LogP contribution in [0.4, 0.5) is 4.79 Å². The van der Waals surface area contributed by atoms with E-state index in [1.807, 2.05) is 36.5 Å². The van der Waals surface area contributed by atoms with Crippen LogP contribution in [0, 0.1) is 6.92 Å². The number of fused-ring (bicyclic) bond motifs is 1.